The minimum Gasteiger partial charge on any atom is -0.347 e. The average Bonchev–Trinajstić information content (AvgIpc) is 2.58. The highest BCUT2D eigenvalue weighted by molar-refractivity contribution is 5.87. The molecule has 5 nitrogen and oxygen atoms in total. The molecule has 2 N–H and O–H groups in total. The summed E-state index contributed by atoms with van der Waals surface area (Å²) in [6.07, 6.45) is 1.00. The van der Waals surface area contributed by atoms with Crippen LogP contribution in [0.5, 0.6) is 0 Å². The summed E-state index contributed by atoms with van der Waals surface area (Å²) < 4.78 is 0. The third kappa shape index (κ3) is 4.57. The molecule has 0 saturated carbocycles. The Balaban J connectivity index is 2.05. The van der Waals surface area contributed by atoms with Crippen LogP contribution in [0.3, 0.4) is 0 Å². The van der Waals surface area contributed by atoms with Crippen LogP contribution in [0.2, 0.25) is 0 Å². The summed E-state index contributed by atoms with van der Waals surface area (Å²) in [4.78, 5) is 26.5. The lowest BCUT2D eigenvalue weighted by atomic mass is 9.96. The molecule has 1 aliphatic heterocycles. The van der Waals surface area contributed by atoms with E-state index in [0.717, 1.165) is 25.1 Å². The summed E-state index contributed by atoms with van der Waals surface area (Å²) >= 11 is 0. The largest absolute Gasteiger partial charge is 0.347 e. The smallest absolute Gasteiger partial charge is 0.242 e. The van der Waals surface area contributed by atoms with Gasteiger partial charge in [0.05, 0.1) is 12.6 Å². The molecule has 0 bridgehead atoms. The number of benzene rings is 1. The van der Waals surface area contributed by atoms with Crippen LogP contribution in [0.15, 0.2) is 24.3 Å². The first-order valence-corrected chi connectivity index (χ1v) is 8.70. The van der Waals surface area contributed by atoms with Crippen molar-refractivity contribution in [2.75, 3.05) is 26.2 Å². The molecule has 1 aliphatic rings. The predicted molar refractivity (Wildman–Crippen MR) is 95.6 cm³/mol. The second-order valence-corrected chi connectivity index (χ2v) is 7.33. The third-order valence-electron chi connectivity index (χ3n) is 4.42. The monoisotopic (exact) mass is 331 g/mol. The molecule has 1 aromatic carbocycles. The maximum absolute atomic E-state index is 12.6. The highest BCUT2D eigenvalue weighted by Gasteiger charge is 2.29. The van der Waals surface area contributed by atoms with Gasteiger partial charge in [-0.1, -0.05) is 52.0 Å². The Bertz CT molecular complexity index is 575. The standard InChI is InChI=1S/C19H29N3O2/c1-5-14-6-8-15(9-7-14)16-12-20-10-11-22(16)17(23)13-21-18(24)19(2,3)4/h6-9,16,20H,5,10-13H2,1-4H3,(H,21,24). The zero-order valence-electron chi connectivity index (χ0n) is 15.2. The van der Waals surface area contributed by atoms with E-state index in [1.807, 2.05) is 25.7 Å². The molecule has 24 heavy (non-hydrogen) atoms. The van der Waals surface area contributed by atoms with Gasteiger partial charge in [-0.2, -0.15) is 0 Å². The first-order chi connectivity index (χ1) is 11.3. The minimum atomic E-state index is -0.487. The van der Waals surface area contributed by atoms with Crippen molar-refractivity contribution in [3.63, 3.8) is 0 Å². The quantitative estimate of drug-likeness (QED) is 0.886. The van der Waals surface area contributed by atoms with Crippen LogP contribution in [-0.2, 0) is 16.0 Å². The van der Waals surface area contributed by atoms with Crippen molar-refractivity contribution in [3.05, 3.63) is 35.4 Å². The number of rotatable bonds is 4. The van der Waals surface area contributed by atoms with Gasteiger partial charge in [0.15, 0.2) is 0 Å². The maximum Gasteiger partial charge on any atom is 0.242 e. The van der Waals surface area contributed by atoms with Gasteiger partial charge in [-0.05, 0) is 17.5 Å². The van der Waals surface area contributed by atoms with E-state index in [1.165, 1.54) is 5.56 Å². The molecule has 2 amide bonds. The van der Waals surface area contributed by atoms with Gasteiger partial charge in [0, 0.05) is 25.0 Å². The number of amides is 2. The molecule has 1 heterocycles. The molecular weight excluding hydrogens is 302 g/mol. The lowest BCUT2D eigenvalue weighted by molar-refractivity contribution is -0.137. The highest BCUT2D eigenvalue weighted by atomic mass is 16.2. The first-order valence-electron chi connectivity index (χ1n) is 8.70. The van der Waals surface area contributed by atoms with Crippen LogP contribution >= 0.6 is 0 Å². The van der Waals surface area contributed by atoms with Crippen molar-refractivity contribution < 1.29 is 9.59 Å². The zero-order valence-corrected chi connectivity index (χ0v) is 15.2. The second kappa shape index (κ2) is 7.79. The summed E-state index contributed by atoms with van der Waals surface area (Å²) in [7, 11) is 0. The lowest BCUT2D eigenvalue weighted by Crippen LogP contribution is -2.52. The van der Waals surface area contributed by atoms with Crippen LogP contribution in [-0.4, -0.2) is 42.9 Å². The summed E-state index contributed by atoms with van der Waals surface area (Å²) in [6.45, 7) is 9.89. The summed E-state index contributed by atoms with van der Waals surface area (Å²) in [5, 5.41) is 6.11. The van der Waals surface area contributed by atoms with Crippen molar-refractivity contribution in [2.45, 2.75) is 40.2 Å². The molecule has 1 aromatic rings. The van der Waals surface area contributed by atoms with Crippen LogP contribution in [0.1, 0.15) is 44.9 Å². The van der Waals surface area contributed by atoms with Crippen LogP contribution in [0, 0.1) is 5.41 Å². The maximum atomic E-state index is 12.6. The second-order valence-electron chi connectivity index (χ2n) is 7.33. The Morgan fingerprint density at radius 3 is 2.50 bits per heavy atom. The molecule has 1 saturated heterocycles. The fraction of sp³-hybridized carbons (Fsp3) is 0.579. The molecule has 5 heteroatoms. The van der Waals surface area contributed by atoms with E-state index in [2.05, 4.69) is 41.8 Å². The van der Waals surface area contributed by atoms with E-state index in [4.69, 9.17) is 0 Å². The molecular formula is C19H29N3O2. The SMILES string of the molecule is CCc1ccc(C2CNCCN2C(=O)CNC(=O)C(C)(C)C)cc1. The molecule has 0 aromatic heterocycles. The number of hydrogen-bond acceptors (Lipinski definition) is 3. The van der Waals surface area contributed by atoms with Gasteiger partial charge >= 0.3 is 0 Å². The van der Waals surface area contributed by atoms with Crippen molar-refractivity contribution in [1.29, 1.82) is 0 Å². The van der Waals surface area contributed by atoms with Crippen molar-refractivity contribution in [3.8, 4) is 0 Å². The van der Waals surface area contributed by atoms with Crippen LogP contribution in [0.25, 0.3) is 0 Å². The Morgan fingerprint density at radius 2 is 1.92 bits per heavy atom. The van der Waals surface area contributed by atoms with Gasteiger partial charge < -0.3 is 15.5 Å². The first kappa shape index (κ1) is 18.5. The topological polar surface area (TPSA) is 61.4 Å². The summed E-state index contributed by atoms with van der Waals surface area (Å²) in [5.74, 6) is -0.131. The molecule has 1 fully saturated rings. The van der Waals surface area contributed by atoms with Crippen molar-refractivity contribution >= 4 is 11.8 Å². The molecule has 132 valence electrons. The van der Waals surface area contributed by atoms with E-state index < -0.39 is 5.41 Å². The van der Waals surface area contributed by atoms with E-state index in [1.54, 1.807) is 0 Å². The molecule has 0 aliphatic carbocycles. The number of nitrogens with one attached hydrogen (secondary N) is 2. The van der Waals surface area contributed by atoms with Crippen molar-refractivity contribution in [1.82, 2.24) is 15.5 Å². The van der Waals surface area contributed by atoms with E-state index in [0.29, 0.717) is 6.54 Å². The fourth-order valence-electron chi connectivity index (χ4n) is 2.80. The average molecular weight is 331 g/mol. The van der Waals surface area contributed by atoms with Crippen molar-refractivity contribution in [2.24, 2.45) is 5.41 Å². The van der Waals surface area contributed by atoms with E-state index in [9.17, 15) is 9.59 Å². The van der Waals surface area contributed by atoms with Crippen LogP contribution in [0.4, 0.5) is 0 Å². The van der Waals surface area contributed by atoms with Gasteiger partial charge in [-0.25, -0.2) is 0 Å². The highest BCUT2D eigenvalue weighted by Crippen LogP contribution is 2.23. The molecule has 2 rings (SSSR count). The normalized spacial score (nSPS) is 18.3. The van der Waals surface area contributed by atoms with Gasteiger partial charge in [0.25, 0.3) is 0 Å². The number of piperazine rings is 1. The Hall–Kier alpha value is -1.88. The minimum absolute atomic E-state index is 0.0173. The Kier molecular flexibility index (Phi) is 5.99. The molecule has 0 spiro atoms. The Labute approximate surface area is 144 Å². The third-order valence-corrected chi connectivity index (χ3v) is 4.42. The van der Waals surface area contributed by atoms with Gasteiger partial charge in [-0.3, -0.25) is 9.59 Å². The van der Waals surface area contributed by atoms with Gasteiger partial charge in [0.1, 0.15) is 0 Å². The number of hydrogen-bond donors (Lipinski definition) is 2. The number of carbonyl (C=O) groups excluding carboxylic acids is 2. The molecule has 0 radical (unpaired) electrons. The van der Waals surface area contributed by atoms with E-state index in [-0.39, 0.29) is 24.4 Å². The van der Waals surface area contributed by atoms with E-state index >= 15 is 0 Å². The van der Waals surface area contributed by atoms with Gasteiger partial charge in [0.2, 0.25) is 11.8 Å². The lowest BCUT2D eigenvalue weighted by Gasteiger charge is -2.37. The predicted octanol–water partition coefficient (Wildman–Crippen LogP) is 1.88. The van der Waals surface area contributed by atoms with Crippen LogP contribution < -0.4 is 10.6 Å². The number of carbonyl (C=O) groups is 2. The molecule has 1 unspecified atom stereocenters. The van der Waals surface area contributed by atoms with Gasteiger partial charge in [-0.15, -0.1) is 0 Å². The molecule has 1 atom stereocenters. The summed E-state index contributed by atoms with van der Waals surface area (Å²) in [6, 6.07) is 8.46. The Morgan fingerprint density at radius 1 is 1.25 bits per heavy atom. The fourth-order valence-corrected chi connectivity index (χ4v) is 2.80. The number of aryl methyl sites for hydroxylation is 1. The number of nitrogens with zero attached hydrogens (tertiary/aromatic N) is 1. The summed E-state index contributed by atoms with van der Waals surface area (Å²) in [5.41, 5.74) is 1.94. The zero-order chi connectivity index (χ0) is 17.7.